The number of aliphatic hydroxyl groups is 1. The van der Waals surface area contributed by atoms with E-state index >= 15 is 0 Å². The number of hydrogen-bond acceptors (Lipinski definition) is 3. The highest BCUT2D eigenvalue weighted by Gasteiger charge is 2.16. The summed E-state index contributed by atoms with van der Waals surface area (Å²) in [6.07, 6.45) is -0.580. The van der Waals surface area contributed by atoms with Crippen molar-refractivity contribution >= 4 is 5.69 Å². The number of anilines is 1. The minimum atomic E-state index is -0.580. The number of nitrogens with two attached hydrogens (primary N) is 2. The van der Waals surface area contributed by atoms with Crippen molar-refractivity contribution in [2.75, 3.05) is 5.73 Å². The minimum absolute atomic E-state index is 0.402. The van der Waals surface area contributed by atoms with Gasteiger partial charge in [0.05, 0.1) is 12.1 Å². The molecule has 0 amide bonds. The lowest BCUT2D eigenvalue weighted by Crippen LogP contribution is -2.25. The van der Waals surface area contributed by atoms with Crippen molar-refractivity contribution in [3.8, 4) is 0 Å². The molecule has 0 saturated heterocycles. The molecule has 0 aromatic heterocycles. The molecular weight excluding hydrogens is 164 g/mol. The van der Waals surface area contributed by atoms with Crippen LogP contribution in [-0.2, 0) is 0 Å². The topological polar surface area (TPSA) is 72.3 Å². The number of aryl methyl sites for hydroxylation is 1. The van der Waals surface area contributed by atoms with Gasteiger partial charge < -0.3 is 16.6 Å². The van der Waals surface area contributed by atoms with E-state index in [9.17, 15) is 5.11 Å². The first-order valence-corrected chi connectivity index (χ1v) is 4.32. The molecule has 0 aliphatic rings. The monoisotopic (exact) mass is 180 g/mol. The van der Waals surface area contributed by atoms with Gasteiger partial charge in [-0.2, -0.15) is 0 Å². The van der Waals surface area contributed by atoms with E-state index in [1.165, 1.54) is 0 Å². The Kier molecular flexibility index (Phi) is 2.90. The largest absolute Gasteiger partial charge is 0.398 e. The predicted octanol–water partition coefficient (Wildman–Crippen LogP) is 0.958. The third kappa shape index (κ3) is 1.99. The average Bonchev–Trinajstić information content (AvgIpc) is 2.03. The van der Waals surface area contributed by atoms with E-state index in [2.05, 4.69) is 0 Å². The molecule has 72 valence electrons. The van der Waals surface area contributed by atoms with Crippen LogP contribution >= 0.6 is 0 Å². The van der Waals surface area contributed by atoms with Crippen molar-refractivity contribution in [2.45, 2.75) is 26.0 Å². The standard InChI is InChI=1S/C10H16N2O/c1-6-4-3-5-8(11)9(6)10(12)7(2)13/h3-5,7,10,13H,11-12H2,1-2H3/t7?,10-/m1/s1. The Morgan fingerprint density at radius 1 is 1.38 bits per heavy atom. The molecule has 2 atom stereocenters. The first-order valence-electron chi connectivity index (χ1n) is 4.32. The summed E-state index contributed by atoms with van der Waals surface area (Å²) in [5, 5.41) is 9.34. The third-order valence-corrected chi connectivity index (χ3v) is 2.21. The van der Waals surface area contributed by atoms with Crippen LogP contribution in [0, 0.1) is 6.92 Å². The fraction of sp³-hybridized carbons (Fsp3) is 0.400. The molecule has 1 aromatic rings. The molecule has 0 aliphatic carbocycles. The number of nitrogen functional groups attached to an aromatic ring is 1. The quantitative estimate of drug-likeness (QED) is 0.593. The van der Waals surface area contributed by atoms with Crippen LogP contribution in [0.3, 0.4) is 0 Å². The van der Waals surface area contributed by atoms with Crippen LogP contribution in [0.5, 0.6) is 0 Å². The summed E-state index contributed by atoms with van der Waals surface area (Å²) in [5.41, 5.74) is 14.1. The van der Waals surface area contributed by atoms with Crippen LogP contribution in [0.15, 0.2) is 18.2 Å². The van der Waals surface area contributed by atoms with Crippen molar-refractivity contribution in [3.63, 3.8) is 0 Å². The van der Waals surface area contributed by atoms with E-state index in [0.29, 0.717) is 5.69 Å². The van der Waals surface area contributed by atoms with Crippen molar-refractivity contribution in [3.05, 3.63) is 29.3 Å². The van der Waals surface area contributed by atoms with Gasteiger partial charge in [-0.25, -0.2) is 0 Å². The molecule has 0 bridgehead atoms. The van der Waals surface area contributed by atoms with Crippen LogP contribution in [0.2, 0.25) is 0 Å². The lowest BCUT2D eigenvalue weighted by molar-refractivity contribution is 0.164. The van der Waals surface area contributed by atoms with Gasteiger partial charge >= 0.3 is 0 Å². The smallest absolute Gasteiger partial charge is 0.0705 e. The summed E-state index contributed by atoms with van der Waals surface area (Å²) >= 11 is 0. The molecule has 0 aliphatic heterocycles. The number of aliphatic hydroxyl groups excluding tert-OH is 1. The van der Waals surface area contributed by atoms with E-state index in [1.807, 2.05) is 19.1 Å². The first kappa shape index (κ1) is 10.0. The molecule has 1 unspecified atom stereocenters. The van der Waals surface area contributed by atoms with Crippen LogP contribution in [0.1, 0.15) is 24.1 Å². The van der Waals surface area contributed by atoms with Gasteiger partial charge in [-0.1, -0.05) is 12.1 Å². The first-order chi connectivity index (χ1) is 6.04. The zero-order valence-electron chi connectivity index (χ0n) is 7.99. The number of rotatable bonds is 2. The van der Waals surface area contributed by atoms with E-state index in [4.69, 9.17) is 11.5 Å². The molecule has 0 saturated carbocycles. The van der Waals surface area contributed by atoms with Crippen molar-refractivity contribution in [1.82, 2.24) is 0 Å². The van der Waals surface area contributed by atoms with Crippen molar-refractivity contribution in [1.29, 1.82) is 0 Å². The van der Waals surface area contributed by atoms with Gasteiger partial charge in [0.15, 0.2) is 0 Å². The number of benzene rings is 1. The molecular formula is C10H16N2O. The summed E-state index contributed by atoms with van der Waals surface area (Å²) in [5.74, 6) is 0. The molecule has 0 heterocycles. The lowest BCUT2D eigenvalue weighted by atomic mass is 9.97. The number of hydrogen-bond donors (Lipinski definition) is 3. The van der Waals surface area contributed by atoms with Gasteiger partial charge in [-0.15, -0.1) is 0 Å². The maximum Gasteiger partial charge on any atom is 0.0705 e. The molecule has 0 spiro atoms. The molecule has 1 rings (SSSR count). The van der Waals surface area contributed by atoms with Crippen LogP contribution in [0.25, 0.3) is 0 Å². The Bertz CT molecular complexity index is 277. The van der Waals surface area contributed by atoms with Crippen LogP contribution < -0.4 is 11.5 Å². The summed E-state index contributed by atoms with van der Waals surface area (Å²) in [6, 6.07) is 5.21. The molecule has 5 N–H and O–H groups in total. The molecule has 0 fully saturated rings. The Hall–Kier alpha value is -1.06. The predicted molar refractivity (Wildman–Crippen MR) is 54.2 cm³/mol. The summed E-state index contributed by atoms with van der Waals surface area (Å²) < 4.78 is 0. The zero-order chi connectivity index (χ0) is 10.0. The van der Waals surface area contributed by atoms with Crippen molar-refractivity contribution < 1.29 is 5.11 Å². The zero-order valence-corrected chi connectivity index (χ0v) is 7.99. The van der Waals surface area contributed by atoms with Gasteiger partial charge in [0.1, 0.15) is 0 Å². The van der Waals surface area contributed by atoms with E-state index < -0.39 is 12.1 Å². The highest BCUT2D eigenvalue weighted by molar-refractivity contribution is 5.52. The fourth-order valence-electron chi connectivity index (χ4n) is 1.40. The normalized spacial score (nSPS) is 15.4. The van der Waals surface area contributed by atoms with Gasteiger partial charge in [0, 0.05) is 5.69 Å². The highest BCUT2D eigenvalue weighted by Crippen LogP contribution is 2.24. The van der Waals surface area contributed by atoms with E-state index in [-0.39, 0.29) is 0 Å². The second kappa shape index (κ2) is 3.77. The molecule has 3 heteroatoms. The van der Waals surface area contributed by atoms with Crippen LogP contribution in [0.4, 0.5) is 5.69 Å². The highest BCUT2D eigenvalue weighted by atomic mass is 16.3. The van der Waals surface area contributed by atoms with Gasteiger partial charge in [0.25, 0.3) is 0 Å². The van der Waals surface area contributed by atoms with Crippen molar-refractivity contribution in [2.24, 2.45) is 5.73 Å². The Morgan fingerprint density at radius 2 is 2.00 bits per heavy atom. The summed E-state index contributed by atoms with van der Waals surface area (Å²) in [7, 11) is 0. The second-order valence-corrected chi connectivity index (χ2v) is 3.34. The fourth-order valence-corrected chi connectivity index (χ4v) is 1.40. The van der Waals surface area contributed by atoms with Gasteiger partial charge in [-0.05, 0) is 31.0 Å². The summed E-state index contributed by atoms with van der Waals surface area (Å²) in [6.45, 7) is 3.60. The van der Waals surface area contributed by atoms with Crippen LogP contribution in [-0.4, -0.2) is 11.2 Å². The Labute approximate surface area is 78.4 Å². The Morgan fingerprint density at radius 3 is 2.46 bits per heavy atom. The summed E-state index contributed by atoms with van der Waals surface area (Å²) in [4.78, 5) is 0. The second-order valence-electron chi connectivity index (χ2n) is 3.34. The molecule has 1 aromatic carbocycles. The third-order valence-electron chi connectivity index (χ3n) is 2.21. The molecule has 0 radical (unpaired) electrons. The maximum atomic E-state index is 9.34. The minimum Gasteiger partial charge on any atom is -0.398 e. The SMILES string of the molecule is Cc1cccc(N)c1[C@H](N)C(C)O. The van der Waals surface area contributed by atoms with E-state index in [0.717, 1.165) is 11.1 Å². The Balaban J connectivity index is 3.12. The van der Waals surface area contributed by atoms with Gasteiger partial charge in [-0.3, -0.25) is 0 Å². The molecule has 13 heavy (non-hydrogen) atoms. The molecule has 3 nitrogen and oxygen atoms in total. The maximum absolute atomic E-state index is 9.34. The lowest BCUT2D eigenvalue weighted by Gasteiger charge is -2.19. The van der Waals surface area contributed by atoms with Gasteiger partial charge in [0.2, 0.25) is 0 Å². The van der Waals surface area contributed by atoms with E-state index in [1.54, 1.807) is 13.0 Å². The average molecular weight is 180 g/mol.